The molecule has 0 spiro atoms. The maximum Gasteiger partial charge on any atom is 0.295 e. The molecule has 0 saturated heterocycles. The van der Waals surface area contributed by atoms with Crippen molar-refractivity contribution in [2.75, 3.05) is 22.9 Å². The molecule has 1 fully saturated rings. The summed E-state index contributed by atoms with van der Waals surface area (Å²) in [6.45, 7) is 7.32. The molecule has 0 unspecified atom stereocenters. The van der Waals surface area contributed by atoms with E-state index in [-0.39, 0.29) is 17.2 Å². The van der Waals surface area contributed by atoms with Crippen LogP contribution < -0.4 is 10.6 Å². The SMILES string of the molecule is C=CS(=O)(=O)CCNc1nc(NC2CCCCC2)c(C)c(C)c1N=Nc1ccc(S(=O)(=O)O)c2ccccc12. The van der Waals surface area contributed by atoms with Gasteiger partial charge in [-0.15, -0.1) is 10.2 Å². The lowest BCUT2D eigenvalue weighted by Gasteiger charge is -2.25. The first kappa shape index (κ1) is 28.7. The van der Waals surface area contributed by atoms with E-state index in [2.05, 4.69) is 27.4 Å². The maximum absolute atomic E-state index is 12.0. The van der Waals surface area contributed by atoms with Gasteiger partial charge in [-0.25, -0.2) is 13.4 Å². The lowest BCUT2D eigenvalue weighted by atomic mass is 9.95. The fraction of sp³-hybridized carbons (Fsp3) is 0.370. The summed E-state index contributed by atoms with van der Waals surface area (Å²) in [5.74, 6) is 0.947. The van der Waals surface area contributed by atoms with Crippen LogP contribution in [0.4, 0.5) is 23.0 Å². The Morgan fingerprint density at radius 1 is 0.974 bits per heavy atom. The van der Waals surface area contributed by atoms with Crippen LogP contribution in [0.1, 0.15) is 43.2 Å². The van der Waals surface area contributed by atoms with E-state index in [0.717, 1.165) is 48.0 Å². The Morgan fingerprint density at radius 3 is 2.33 bits per heavy atom. The third kappa shape index (κ3) is 6.81. The van der Waals surface area contributed by atoms with Crippen molar-refractivity contribution in [1.82, 2.24) is 4.98 Å². The zero-order valence-corrected chi connectivity index (χ0v) is 23.6. The molecule has 39 heavy (non-hydrogen) atoms. The van der Waals surface area contributed by atoms with E-state index < -0.39 is 20.0 Å². The van der Waals surface area contributed by atoms with Gasteiger partial charge in [0.1, 0.15) is 16.4 Å². The minimum absolute atomic E-state index is 0.0984. The molecule has 10 nitrogen and oxygen atoms in total. The zero-order valence-electron chi connectivity index (χ0n) is 22.0. The summed E-state index contributed by atoms with van der Waals surface area (Å²) in [4.78, 5) is 4.57. The Kier molecular flexibility index (Phi) is 8.67. The molecule has 12 heteroatoms. The number of sulfone groups is 1. The van der Waals surface area contributed by atoms with Crippen LogP contribution in [-0.4, -0.2) is 44.7 Å². The van der Waals surface area contributed by atoms with Gasteiger partial charge >= 0.3 is 0 Å². The Labute approximate surface area is 229 Å². The van der Waals surface area contributed by atoms with Gasteiger partial charge in [0.2, 0.25) is 0 Å². The van der Waals surface area contributed by atoms with Crippen molar-refractivity contribution in [3.63, 3.8) is 0 Å². The van der Waals surface area contributed by atoms with E-state index in [1.165, 1.54) is 18.6 Å². The van der Waals surface area contributed by atoms with Crippen LogP contribution in [0, 0.1) is 13.8 Å². The van der Waals surface area contributed by atoms with Gasteiger partial charge in [-0.1, -0.05) is 50.1 Å². The summed E-state index contributed by atoms with van der Waals surface area (Å²) in [6.07, 6.45) is 5.68. The molecule has 0 bridgehead atoms. The molecule has 2 aromatic carbocycles. The second-order valence-corrected chi connectivity index (χ2v) is 13.1. The molecule has 0 aliphatic heterocycles. The van der Waals surface area contributed by atoms with E-state index in [4.69, 9.17) is 4.98 Å². The molecule has 3 N–H and O–H groups in total. The first-order valence-electron chi connectivity index (χ1n) is 12.8. The second kappa shape index (κ2) is 11.8. The minimum Gasteiger partial charge on any atom is -0.367 e. The Balaban J connectivity index is 1.75. The van der Waals surface area contributed by atoms with Gasteiger partial charge in [0.05, 0.1) is 11.4 Å². The van der Waals surface area contributed by atoms with Crippen LogP contribution in [0.25, 0.3) is 10.8 Å². The lowest BCUT2D eigenvalue weighted by molar-refractivity contribution is 0.461. The number of aromatic nitrogens is 1. The van der Waals surface area contributed by atoms with Crippen LogP contribution in [0.5, 0.6) is 0 Å². The van der Waals surface area contributed by atoms with Crippen molar-refractivity contribution < 1.29 is 21.4 Å². The van der Waals surface area contributed by atoms with Crippen LogP contribution in [-0.2, 0) is 20.0 Å². The lowest BCUT2D eigenvalue weighted by Crippen LogP contribution is -2.24. The largest absolute Gasteiger partial charge is 0.367 e. The number of nitrogens with one attached hydrogen (secondary N) is 2. The van der Waals surface area contributed by atoms with Crippen molar-refractivity contribution in [3.8, 4) is 0 Å². The highest BCUT2D eigenvalue weighted by molar-refractivity contribution is 7.94. The number of fused-ring (bicyclic) bond motifs is 1. The molecular weight excluding hydrogens is 538 g/mol. The number of hydrogen-bond acceptors (Lipinski definition) is 9. The number of benzene rings is 2. The molecule has 1 saturated carbocycles. The standard InChI is InChI=1S/C27H33N5O5S2/c1-4-38(33,34)17-16-28-27-25(18(2)19(3)26(30-27)29-20-10-6-5-7-11-20)32-31-23-14-15-24(39(35,36)37)22-13-9-8-12-21(22)23/h4,8-9,12-15,20H,1,5-7,10-11,16-17H2,2-3H3,(H2,28,29,30)(H,35,36,37). The molecular formula is C27H33N5O5S2. The Morgan fingerprint density at radius 2 is 1.67 bits per heavy atom. The van der Waals surface area contributed by atoms with E-state index in [0.29, 0.717) is 34.0 Å². The molecule has 3 aromatic rings. The number of anilines is 2. The predicted molar refractivity (Wildman–Crippen MR) is 155 cm³/mol. The fourth-order valence-corrected chi connectivity index (χ4v) is 5.92. The van der Waals surface area contributed by atoms with Crippen molar-refractivity contribution in [2.45, 2.75) is 56.9 Å². The molecule has 1 aliphatic carbocycles. The highest BCUT2D eigenvalue weighted by atomic mass is 32.2. The molecule has 1 heterocycles. The second-order valence-electron chi connectivity index (χ2n) is 9.65. The Bertz CT molecular complexity index is 1630. The zero-order chi connectivity index (χ0) is 28.2. The average molecular weight is 572 g/mol. The van der Waals surface area contributed by atoms with E-state index >= 15 is 0 Å². The highest BCUT2D eigenvalue weighted by Crippen LogP contribution is 2.37. The van der Waals surface area contributed by atoms with Gasteiger partial charge in [-0.3, -0.25) is 4.55 Å². The van der Waals surface area contributed by atoms with Crippen LogP contribution in [0.2, 0.25) is 0 Å². The quantitative estimate of drug-likeness (QED) is 0.191. The first-order valence-corrected chi connectivity index (χ1v) is 15.9. The number of azo groups is 1. The highest BCUT2D eigenvalue weighted by Gasteiger charge is 2.20. The Hall–Kier alpha value is -3.35. The summed E-state index contributed by atoms with van der Waals surface area (Å²) < 4.78 is 57.3. The van der Waals surface area contributed by atoms with Crippen LogP contribution in [0.15, 0.2) is 63.5 Å². The predicted octanol–water partition coefficient (Wildman–Crippen LogP) is 6.23. The smallest absolute Gasteiger partial charge is 0.295 e. The van der Waals surface area contributed by atoms with Gasteiger partial charge in [0, 0.05) is 28.8 Å². The third-order valence-electron chi connectivity index (χ3n) is 7.00. The molecule has 1 aliphatic rings. The summed E-state index contributed by atoms with van der Waals surface area (Å²) in [6, 6.07) is 9.79. The van der Waals surface area contributed by atoms with Gasteiger partial charge in [0.15, 0.2) is 15.7 Å². The molecule has 0 amide bonds. The normalized spacial score (nSPS) is 15.1. The topological polar surface area (TPSA) is 150 Å². The maximum atomic E-state index is 12.0. The van der Waals surface area contributed by atoms with Crippen LogP contribution >= 0.6 is 0 Å². The molecule has 208 valence electrons. The molecule has 0 atom stereocenters. The monoisotopic (exact) mass is 571 g/mol. The summed E-state index contributed by atoms with van der Waals surface area (Å²) >= 11 is 0. The molecule has 4 rings (SSSR count). The van der Waals surface area contributed by atoms with Gasteiger partial charge < -0.3 is 10.6 Å². The van der Waals surface area contributed by atoms with Crippen LogP contribution in [0.3, 0.4) is 0 Å². The fourth-order valence-electron chi connectivity index (χ4n) is 4.67. The number of nitrogens with zero attached hydrogens (tertiary/aromatic N) is 3. The average Bonchev–Trinajstić information content (AvgIpc) is 2.91. The number of rotatable bonds is 10. The summed E-state index contributed by atoms with van der Waals surface area (Å²) in [5, 5.41) is 17.3. The molecule has 0 radical (unpaired) electrons. The van der Waals surface area contributed by atoms with Crippen molar-refractivity contribution in [3.05, 3.63) is 59.5 Å². The van der Waals surface area contributed by atoms with Crippen molar-refractivity contribution >= 4 is 53.7 Å². The summed E-state index contributed by atoms with van der Waals surface area (Å²) in [5.41, 5.74) is 2.57. The minimum atomic E-state index is -4.43. The first-order chi connectivity index (χ1) is 18.5. The van der Waals surface area contributed by atoms with Gasteiger partial charge in [0.25, 0.3) is 10.1 Å². The van der Waals surface area contributed by atoms with Gasteiger partial charge in [-0.05, 0) is 49.9 Å². The number of hydrogen-bond donors (Lipinski definition) is 3. The molecule has 1 aromatic heterocycles. The van der Waals surface area contributed by atoms with E-state index in [1.54, 1.807) is 24.3 Å². The number of pyridine rings is 1. The van der Waals surface area contributed by atoms with Crippen molar-refractivity contribution in [2.24, 2.45) is 10.2 Å². The van der Waals surface area contributed by atoms with Gasteiger partial charge in [-0.2, -0.15) is 8.42 Å². The van der Waals surface area contributed by atoms with E-state index in [1.807, 2.05) is 13.8 Å². The van der Waals surface area contributed by atoms with Crippen molar-refractivity contribution in [1.29, 1.82) is 0 Å². The van der Waals surface area contributed by atoms with E-state index in [9.17, 15) is 21.4 Å². The summed E-state index contributed by atoms with van der Waals surface area (Å²) in [7, 11) is -7.84. The third-order valence-corrected chi connectivity index (χ3v) is 9.19.